The smallest absolute Gasteiger partial charge is 0.410 e. The molecule has 0 unspecified atom stereocenters. The first-order chi connectivity index (χ1) is 26.7. The van der Waals surface area contributed by atoms with Crippen LogP contribution in [-0.2, 0) is 23.8 Å². The lowest BCUT2D eigenvalue weighted by Crippen LogP contribution is -2.51. The van der Waals surface area contributed by atoms with Gasteiger partial charge >= 0.3 is 6.09 Å². The van der Waals surface area contributed by atoms with Gasteiger partial charge in [0, 0.05) is 59.8 Å². The monoisotopic (exact) mass is 785 g/mol. The molecule has 1 saturated heterocycles. The van der Waals surface area contributed by atoms with E-state index in [2.05, 4.69) is 37.8 Å². The third kappa shape index (κ3) is 10.7. The molecule has 2 aliphatic heterocycles. The van der Waals surface area contributed by atoms with Crippen molar-refractivity contribution in [3.05, 3.63) is 72.3 Å². The van der Waals surface area contributed by atoms with Gasteiger partial charge in [-0.3, -0.25) is 9.59 Å². The zero-order valence-electron chi connectivity index (χ0n) is 34.2. The fourth-order valence-electron chi connectivity index (χ4n) is 7.34. The van der Waals surface area contributed by atoms with Crippen LogP contribution < -0.4 is 19.3 Å². The molecule has 3 amide bonds. The summed E-state index contributed by atoms with van der Waals surface area (Å²) >= 11 is 0. The molecule has 0 radical (unpaired) electrons. The van der Waals surface area contributed by atoms with Crippen LogP contribution in [0, 0.1) is 5.92 Å². The van der Waals surface area contributed by atoms with Crippen molar-refractivity contribution in [2.45, 2.75) is 89.7 Å². The van der Waals surface area contributed by atoms with E-state index in [1.54, 1.807) is 16.9 Å². The van der Waals surface area contributed by atoms with Crippen LogP contribution in [0.25, 0.3) is 11.1 Å². The van der Waals surface area contributed by atoms with Gasteiger partial charge in [0.2, 0.25) is 5.91 Å². The Hall–Kier alpha value is -4.39. The van der Waals surface area contributed by atoms with Gasteiger partial charge in [0.05, 0.1) is 11.6 Å². The fraction of sp³-hybridized carbons (Fsp3) is 0.523. The number of nitrogens with zero attached hydrogens (tertiary/aromatic N) is 3. The number of fused-ring (bicyclic) bond motifs is 1. The molecule has 6 rings (SSSR count). The molecule has 3 aromatic carbocycles. The number of anilines is 2. The van der Waals surface area contributed by atoms with Crippen molar-refractivity contribution in [2.24, 2.45) is 5.92 Å². The molecule has 11 nitrogen and oxygen atoms in total. The number of carbonyl (C=O) groups is 3. The zero-order valence-corrected chi connectivity index (χ0v) is 35.2. The molecule has 0 bridgehead atoms. The number of piperidine rings is 1. The van der Waals surface area contributed by atoms with Crippen molar-refractivity contribution in [3.8, 4) is 22.6 Å². The van der Waals surface area contributed by atoms with E-state index in [4.69, 9.17) is 23.7 Å². The molecular weight excluding hydrogens is 727 g/mol. The van der Waals surface area contributed by atoms with E-state index in [1.165, 1.54) is 0 Å². The molecule has 2 heterocycles. The van der Waals surface area contributed by atoms with E-state index in [1.807, 2.05) is 74.2 Å². The Labute approximate surface area is 333 Å². The van der Waals surface area contributed by atoms with Gasteiger partial charge in [-0.05, 0) is 105 Å². The Kier molecular flexibility index (Phi) is 13.1. The highest BCUT2D eigenvalue weighted by molar-refractivity contribution is 6.76. The van der Waals surface area contributed by atoms with Crippen molar-refractivity contribution in [1.29, 1.82) is 0 Å². The second-order valence-electron chi connectivity index (χ2n) is 17.3. The Balaban J connectivity index is 1.35. The molecule has 12 heteroatoms. The number of hydrogen-bond acceptors (Lipinski definition) is 8. The van der Waals surface area contributed by atoms with E-state index in [0.29, 0.717) is 62.0 Å². The summed E-state index contributed by atoms with van der Waals surface area (Å²) in [6.45, 7) is 14.9. The molecule has 3 aliphatic rings. The number of likely N-dealkylation sites (tertiary alicyclic amines) is 1. The van der Waals surface area contributed by atoms with Crippen LogP contribution >= 0.6 is 0 Å². The number of rotatable bonds is 15. The number of amides is 3. The number of ether oxygens (including phenoxy) is 5. The fourth-order valence-corrected chi connectivity index (χ4v) is 8.10. The van der Waals surface area contributed by atoms with Crippen molar-refractivity contribution in [3.63, 3.8) is 0 Å². The Morgan fingerprint density at radius 2 is 1.71 bits per heavy atom. The minimum atomic E-state index is -1.26. The normalized spacial score (nSPS) is 18.6. The maximum absolute atomic E-state index is 15.3. The van der Waals surface area contributed by atoms with E-state index >= 15 is 4.79 Å². The lowest BCUT2D eigenvalue weighted by molar-refractivity contribution is -0.124. The first-order valence-electron chi connectivity index (χ1n) is 20.0. The molecular formula is C44H59N3O8Si. The average Bonchev–Trinajstić information content (AvgIpc) is 4.00. The summed E-state index contributed by atoms with van der Waals surface area (Å²) in [4.78, 5) is 47.2. The van der Waals surface area contributed by atoms with Crippen molar-refractivity contribution >= 4 is 37.4 Å². The largest absolute Gasteiger partial charge is 0.482 e. The second kappa shape index (κ2) is 17.8. The van der Waals surface area contributed by atoms with Crippen LogP contribution in [0.4, 0.5) is 16.2 Å². The summed E-state index contributed by atoms with van der Waals surface area (Å²) in [6.07, 6.45) is 2.52. The first kappa shape index (κ1) is 41.2. The molecule has 56 heavy (non-hydrogen) atoms. The summed E-state index contributed by atoms with van der Waals surface area (Å²) in [7, 11) is 0.387. The number of hydrogen-bond donors (Lipinski definition) is 0. The van der Waals surface area contributed by atoms with Crippen LogP contribution in [0.1, 0.15) is 57.9 Å². The van der Waals surface area contributed by atoms with Crippen molar-refractivity contribution in [1.82, 2.24) is 4.90 Å². The summed E-state index contributed by atoms with van der Waals surface area (Å²) in [6, 6.07) is 23.1. The second-order valence-corrected chi connectivity index (χ2v) is 23.0. The van der Waals surface area contributed by atoms with Crippen LogP contribution in [0.2, 0.25) is 25.7 Å². The van der Waals surface area contributed by atoms with Gasteiger partial charge in [0.25, 0.3) is 5.91 Å². The van der Waals surface area contributed by atoms with Crippen LogP contribution in [0.5, 0.6) is 11.5 Å². The maximum atomic E-state index is 15.3. The average molecular weight is 786 g/mol. The predicted molar refractivity (Wildman–Crippen MR) is 221 cm³/mol. The zero-order chi connectivity index (χ0) is 40.0. The van der Waals surface area contributed by atoms with Crippen LogP contribution in [0.3, 0.4) is 0 Å². The SMILES string of the molecule is COCCCN1C(=O)COc2ccc(N(C(=O)[C@H]3CN(C(=O)OC(C)(C)C)CC[C@@H]3c3cc(OCOCC[Si](C)(C)C)cc(-c4ccccc4)c3)C3CC3)cc21. The highest BCUT2D eigenvalue weighted by Crippen LogP contribution is 2.44. The standard InChI is InChI=1S/C44H59N3O8Si/c1-44(2,3)55-43(50)45-20-18-37(33-24-32(31-12-9-8-10-13-31)25-36(26-33)54-30-52-22-23-56(5,6)7)38(28-45)42(49)47(34-14-15-34)35-16-17-40-39(27-35)46(19-11-21-51-4)41(48)29-53-40/h8-10,12-13,16-17,24-27,34,37-38H,11,14-15,18-23,28-30H2,1-7H3/t37-,38+/m1/s1. The van der Waals surface area contributed by atoms with Gasteiger partial charge in [-0.25, -0.2) is 4.79 Å². The van der Waals surface area contributed by atoms with E-state index < -0.39 is 25.7 Å². The molecule has 3 aromatic rings. The van der Waals surface area contributed by atoms with Crippen LogP contribution in [-0.4, -0.2) is 95.9 Å². The summed E-state index contributed by atoms with van der Waals surface area (Å²) in [5.41, 5.74) is 3.65. The number of carbonyl (C=O) groups excluding carboxylic acids is 3. The van der Waals surface area contributed by atoms with Crippen molar-refractivity contribution in [2.75, 3.05) is 63.2 Å². The molecule has 0 N–H and O–H groups in total. The minimum absolute atomic E-state index is 0.00288. The highest BCUT2D eigenvalue weighted by atomic mass is 28.3. The van der Waals surface area contributed by atoms with Crippen LogP contribution in [0.15, 0.2) is 66.7 Å². The quantitative estimate of drug-likeness (QED) is 0.0861. The van der Waals surface area contributed by atoms with E-state index in [0.717, 1.165) is 35.6 Å². The molecule has 0 aromatic heterocycles. The number of benzene rings is 3. The Morgan fingerprint density at radius 3 is 2.41 bits per heavy atom. The molecule has 1 aliphatic carbocycles. The summed E-state index contributed by atoms with van der Waals surface area (Å²) in [5.74, 6) is 0.261. The topological polar surface area (TPSA) is 107 Å². The minimum Gasteiger partial charge on any atom is -0.482 e. The van der Waals surface area contributed by atoms with Gasteiger partial charge in [-0.2, -0.15) is 0 Å². The van der Waals surface area contributed by atoms with Gasteiger partial charge in [0.1, 0.15) is 17.1 Å². The Morgan fingerprint density at radius 1 is 0.946 bits per heavy atom. The molecule has 0 spiro atoms. The Bertz CT molecular complexity index is 1840. The maximum Gasteiger partial charge on any atom is 0.410 e. The third-order valence-corrected chi connectivity index (χ3v) is 12.1. The van der Waals surface area contributed by atoms with E-state index in [9.17, 15) is 9.59 Å². The van der Waals surface area contributed by atoms with Crippen molar-refractivity contribution < 1.29 is 38.1 Å². The predicted octanol–water partition coefficient (Wildman–Crippen LogP) is 8.34. The molecule has 302 valence electrons. The van der Waals surface area contributed by atoms with Gasteiger partial charge in [0.15, 0.2) is 13.4 Å². The van der Waals surface area contributed by atoms with Gasteiger partial charge in [-0.1, -0.05) is 56.0 Å². The molecule has 2 fully saturated rings. The highest BCUT2D eigenvalue weighted by Gasteiger charge is 2.44. The number of methoxy groups -OCH3 is 1. The third-order valence-electron chi connectivity index (χ3n) is 10.4. The molecule has 2 atom stereocenters. The lowest BCUT2D eigenvalue weighted by Gasteiger charge is -2.41. The van der Waals surface area contributed by atoms with E-state index in [-0.39, 0.29) is 43.7 Å². The van der Waals surface area contributed by atoms with Gasteiger partial charge in [-0.15, -0.1) is 0 Å². The summed E-state index contributed by atoms with van der Waals surface area (Å²) < 4.78 is 29.1. The lowest BCUT2D eigenvalue weighted by atomic mass is 9.78. The van der Waals surface area contributed by atoms with Gasteiger partial charge < -0.3 is 38.4 Å². The first-order valence-corrected chi connectivity index (χ1v) is 23.7. The molecule has 1 saturated carbocycles. The summed E-state index contributed by atoms with van der Waals surface area (Å²) in [5, 5.41) is 0.